The van der Waals surface area contributed by atoms with Crippen LogP contribution in [0, 0.1) is 6.92 Å². The minimum absolute atomic E-state index is 0.478. The van der Waals surface area contributed by atoms with Crippen LogP contribution in [-0.2, 0) is 13.7 Å². The molecule has 0 atom stereocenters. The van der Waals surface area contributed by atoms with Gasteiger partial charge in [-0.1, -0.05) is 12.1 Å². The van der Waals surface area contributed by atoms with Crippen molar-refractivity contribution in [3.05, 3.63) is 46.5 Å². The summed E-state index contributed by atoms with van der Waals surface area (Å²) < 4.78 is 8.44. The highest BCUT2D eigenvalue weighted by atomic mass is 79.9. The van der Waals surface area contributed by atoms with Crippen molar-refractivity contribution in [3.63, 3.8) is 0 Å². The van der Waals surface area contributed by atoms with E-state index >= 15 is 0 Å². The van der Waals surface area contributed by atoms with Gasteiger partial charge in [0.2, 0.25) is 0 Å². The van der Waals surface area contributed by atoms with Gasteiger partial charge in [-0.15, -0.1) is 0 Å². The van der Waals surface area contributed by atoms with E-state index in [-0.39, 0.29) is 0 Å². The van der Waals surface area contributed by atoms with Crippen LogP contribution in [0.1, 0.15) is 11.4 Å². The molecule has 2 aromatic rings. The van der Waals surface area contributed by atoms with Gasteiger partial charge in [0.05, 0.1) is 0 Å². The van der Waals surface area contributed by atoms with Crippen LogP contribution in [0.5, 0.6) is 5.75 Å². The second-order valence-electron chi connectivity index (χ2n) is 3.70. The predicted octanol–water partition coefficient (Wildman–Crippen LogP) is 3.07. The summed E-state index contributed by atoms with van der Waals surface area (Å²) in [6, 6.07) is 7.99. The zero-order valence-electron chi connectivity index (χ0n) is 9.27. The molecule has 0 amide bonds. The summed E-state index contributed by atoms with van der Waals surface area (Å²) in [6.07, 6.45) is 1.91. The molecule has 1 aromatic carbocycles. The number of halogens is 1. The van der Waals surface area contributed by atoms with Crippen LogP contribution in [0.25, 0.3) is 0 Å². The molecular weight excluding hydrogens is 268 g/mol. The van der Waals surface area contributed by atoms with Gasteiger partial charge in [0.15, 0.2) is 0 Å². The second kappa shape index (κ2) is 4.70. The summed E-state index contributed by atoms with van der Waals surface area (Å²) >= 11 is 3.33. The first kappa shape index (κ1) is 11.2. The van der Waals surface area contributed by atoms with Gasteiger partial charge in [0, 0.05) is 13.2 Å². The normalized spacial score (nSPS) is 10.4. The fraction of sp³-hybridized carbons (Fsp3) is 0.250. The average Bonchev–Trinajstić information content (AvgIpc) is 2.54. The van der Waals surface area contributed by atoms with Gasteiger partial charge < -0.3 is 9.30 Å². The summed E-state index contributed by atoms with van der Waals surface area (Å²) in [4.78, 5) is 4.30. The highest BCUT2D eigenvalue weighted by Crippen LogP contribution is 2.15. The average molecular weight is 281 g/mol. The van der Waals surface area contributed by atoms with Gasteiger partial charge in [-0.3, -0.25) is 0 Å². The van der Waals surface area contributed by atoms with Crippen molar-refractivity contribution in [1.82, 2.24) is 9.55 Å². The van der Waals surface area contributed by atoms with Crippen LogP contribution in [0.3, 0.4) is 0 Å². The molecule has 1 aromatic heterocycles. The molecule has 0 unspecified atom stereocenters. The van der Waals surface area contributed by atoms with E-state index in [9.17, 15) is 0 Å². The molecule has 84 valence electrons. The fourth-order valence-corrected chi connectivity index (χ4v) is 1.96. The highest BCUT2D eigenvalue weighted by molar-refractivity contribution is 9.10. The van der Waals surface area contributed by atoms with Crippen molar-refractivity contribution < 1.29 is 4.74 Å². The lowest BCUT2D eigenvalue weighted by Crippen LogP contribution is -2.02. The highest BCUT2D eigenvalue weighted by Gasteiger charge is 2.03. The van der Waals surface area contributed by atoms with Crippen LogP contribution in [-0.4, -0.2) is 9.55 Å². The van der Waals surface area contributed by atoms with Crippen molar-refractivity contribution in [1.29, 1.82) is 0 Å². The maximum Gasteiger partial charge on any atom is 0.147 e. The van der Waals surface area contributed by atoms with Crippen LogP contribution >= 0.6 is 15.9 Å². The molecule has 0 saturated carbocycles. The Morgan fingerprint density at radius 2 is 2.25 bits per heavy atom. The maximum absolute atomic E-state index is 5.66. The van der Waals surface area contributed by atoms with Gasteiger partial charge in [0.1, 0.15) is 22.8 Å². The third-order valence-electron chi connectivity index (χ3n) is 2.30. The lowest BCUT2D eigenvalue weighted by molar-refractivity contribution is 0.291. The molecule has 2 rings (SSSR count). The zero-order chi connectivity index (χ0) is 11.5. The first-order valence-corrected chi connectivity index (χ1v) is 5.81. The molecule has 0 fully saturated rings. The number of aromatic nitrogens is 2. The third kappa shape index (κ3) is 2.64. The van der Waals surface area contributed by atoms with Crippen LogP contribution in [0.2, 0.25) is 0 Å². The van der Waals surface area contributed by atoms with Crippen molar-refractivity contribution >= 4 is 15.9 Å². The second-order valence-corrected chi connectivity index (χ2v) is 4.51. The maximum atomic E-state index is 5.66. The Morgan fingerprint density at radius 1 is 1.44 bits per heavy atom. The summed E-state index contributed by atoms with van der Waals surface area (Å²) in [5, 5.41) is 0. The van der Waals surface area contributed by atoms with Gasteiger partial charge in [-0.2, -0.15) is 0 Å². The molecule has 1 heterocycles. The Bertz CT molecular complexity index is 494. The Hall–Kier alpha value is -1.29. The number of aryl methyl sites for hydroxylation is 2. The van der Waals surface area contributed by atoms with Gasteiger partial charge >= 0.3 is 0 Å². The largest absolute Gasteiger partial charge is 0.486 e. The predicted molar refractivity (Wildman–Crippen MR) is 66.4 cm³/mol. The number of hydrogen-bond donors (Lipinski definition) is 0. The lowest BCUT2D eigenvalue weighted by atomic mass is 10.2. The van der Waals surface area contributed by atoms with Crippen molar-refractivity contribution in [2.24, 2.45) is 7.05 Å². The molecule has 0 radical (unpaired) electrons. The molecule has 0 aliphatic carbocycles. The molecule has 0 saturated heterocycles. The molecule has 3 nitrogen and oxygen atoms in total. The Morgan fingerprint density at radius 3 is 2.88 bits per heavy atom. The summed E-state index contributed by atoms with van der Waals surface area (Å²) in [7, 11) is 1.95. The number of ether oxygens (including phenoxy) is 1. The standard InChI is InChI=1S/C12H13BrN2O/c1-9-4-3-5-10(6-9)16-8-12-14-11(13)7-15(12)2/h3-7H,8H2,1-2H3. The van der Waals surface area contributed by atoms with Gasteiger partial charge in [0.25, 0.3) is 0 Å². The molecule has 0 bridgehead atoms. The first-order chi connectivity index (χ1) is 7.65. The SMILES string of the molecule is Cc1cccc(OCc2nc(Br)cn2C)c1. The Labute approximate surface area is 103 Å². The van der Waals surface area contributed by atoms with Crippen molar-refractivity contribution in [2.75, 3.05) is 0 Å². The number of benzene rings is 1. The van der Waals surface area contributed by atoms with E-state index in [0.29, 0.717) is 6.61 Å². The quantitative estimate of drug-likeness (QED) is 0.864. The number of hydrogen-bond acceptors (Lipinski definition) is 2. The molecule has 0 aliphatic rings. The minimum Gasteiger partial charge on any atom is -0.486 e. The van der Waals surface area contributed by atoms with Crippen molar-refractivity contribution in [3.8, 4) is 5.75 Å². The fourth-order valence-electron chi connectivity index (χ4n) is 1.45. The van der Waals surface area contributed by atoms with E-state index in [1.54, 1.807) is 0 Å². The number of imidazole rings is 1. The molecule has 4 heteroatoms. The zero-order valence-corrected chi connectivity index (χ0v) is 10.9. The Balaban J connectivity index is 2.05. The number of nitrogens with zero attached hydrogens (tertiary/aromatic N) is 2. The van der Waals surface area contributed by atoms with E-state index in [1.807, 2.05) is 49.0 Å². The molecular formula is C12H13BrN2O. The smallest absolute Gasteiger partial charge is 0.147 e. The molecule has 0 N–H and O–H groups in total. The first-order valence-electron chi connectivity index (χ1n) is 5.02. The van der Waals surface area contributed by atoms with Crippen LogP contribution in [0.4, 0.5) is 0 Å². The number of rotatable bonds is 3. The summed E-state index contributed by atoms with van der Waals surface area (Å²) in [6.45, 7) is 2.52. The monoisotopic (exact) mass is 280 g/mol. The lowest BCUT2D eigenvalue weighted by Gasteiger charge is -2.06. The molecule has 0 spiro atoms. The van der Waals surface area contributed by atoms with E-state index < -0.39 is 0 Å². The summed E-state index contributed by atoms with van der Waals surface area (Å²) in [5.41, 5.74) is 1.19. The van der Waals surface area contributed by atoms with Crippen LogP contribution < -0.4 is 4.74 Å². The van der Waals surface area contributed by atoms with Gasteiger partial charge in [-0.05, 0) is 40.5 Å². The van der Waals surface area contributed by atoms with E-state index in [0.717, 1.165) is 16.2 Å². The summed E-state index contributed by atoms with van der Waals surface area (Å²) in [5.74, 6) is 1.77. The van der Waals surface area contributed by atoms with Crippen LogP contribution in [0.15, 0.2) is 35.1 Å². The van der Waals surface area contributed by atoms with E-state index in [2.05, 4.69) is 20.9 Å². The third-order valence-corrected chi connectivity index (χ3v) is 2.68. The van der Waals surface area contributed by atoms with Gasteiger partial charge in [-0.25, -0.2) is 4.98 Å². The Kier molecular flexibility index (Phi) is 3.29. The van der Waals surface area contributed by atoms with Crippen molar-refractivity contribution in [2.45, 2.75) is 13.5 Å². The molecule has 0 aliphatic heterocycles. The topological polar surface area (TPSA) is 27.1 Å². The van der Waals surface area contributed by atoms with E-state index in [1.165, 1.54) is 5.56 Å². The minimum atomic E-state index is 0.478. The molecule has 16 heavy (non-hydrogen) atoms. The van der Waals surface area contributed by atoms with E-state index in [4.69, 9.17) is 4.74 Å².